The van der Waals surface area contributed by atoms with Crippen molar-refractivity contribution in [3.8, 4) is 78.7 Å². The zero-order valence-electron chi connectivity index (χ0n) is 37.7. The Morgan fingerprint density at radius 2 is 0.725 bits per heavy atom. The van der Waals surface area contributed by atoms with E-state index in [0.29, 0.717) is 17.5 Å². The summed E-state index contributed by atoms with van der Waals surface area (Å²) in [4.78, 5) is 16.4. The standard InChI is InChI=1S/C66H43N3/c1-3-24-52(25-4-1)66(53-26-5-2-6-27-53)60-34-14-13-31-58(60)62-59(33-17-35-61(62)66)65-68-63(67-64(69-65)57-30-12-11-29-56(57)55-32-16-21-47-19-9-10-28-54(47)55)51-23-15-22-49(43-51)45-36-38-46(39-37-45)50-41-40-44-18-7-8-20-48(44)42-50/h1-43H. The lowest BCUT2D eigenvalue weighted by atomic mass is 9.67. The van der Waals surface area contributed by atoms with Gasteiger partial charge in [0.2, 0.25) is 0 Å². The zero-order chi connectivity index (χ0) is 45.7. The normalized spacial score (nSPS) is 12.5. The lowest BCUT2D eigenvalue weighted by Crippen LogP contribution is -2.28. The Morgan fingerprint density at radius 1 is 0.246 bits per heavy atom. The highest BCUT2D eigenvalue weighted by atomic mass is 15.0. The van der Waals surface area contributed by atoms with Crippen molar-refractivity contribution in [1.82, 2.24) is 15.0 Å². The maximum absolute atomic E-state index is 5.53. The molecule has 0 saturated heterocycles. The fourth-order valence-corrected chi connectivity index (χ4v) is 10.9. The summed E-state index contributed by atoms with van der Waals surface area (Å²) >= 11 is 0. The Balaban J connectivity index is 1.01. The monoisotopic (exact) mass is 877 g/mol. The predicted molar refractivity (Wildman–Crippen MR) is 285 cm³/mol. The van der Waals surface area contributed by atoms with Gasteiger partial charge in [0, 0.05) is 16.7 Å². The van der Waals surface area contributed by atoms with Crippen LogP contribution in [0.2, 0.25) is 0 Å². The van der Waals surface area contributed by atoms with Gasteiger partial charge in [0.1, 0.15) is 0 Å². The van der Waals surface area contributed by atoms with Crippen LogP contribution < -0.4 is 0 Å². The molecule has 69 heavy (non-hydrogen) atoms. The first kappa shape index (κ1) is 40.2. The van der Waals surface area contributed by atoms with E-state index in [4.69, 9.17) is 15.0 Å². The van der Waals surface area contributed by atoms with Crippen LogP contribution in [-0.4, -0.2) is 15.0 Å². The lowest BCUT2D eigenvalue weighted by molar-refractivity contribution is 0.768. The first-order valence-electron chi connectivity index (χ1n) is 23.6. The summed E-state index contributed by atoms with van der Waals surface area (Å²) in [6.07, 6.45) is 0. The van der Waals surface area contributed by atoms with Gasteiger partial charge in [-0.1, -0.05) is 249 Å². The summed E-state index contributed by atoms with van der Waals surface area (Å²) in [6, 6.07) is 93.6. The van der Waals surface area contributed by atoms with E-state index in [9.17, 15) is 0 Å². The van der Waals surface area contributed by atoms with Gasteiger partial charge in [-0.05, 0) is 100 Å². The number of benzene rings is 11. The first-order valence-corrected chi connectivity index (χ1v) is 23.6. The van der Waals surface area contributed by atoms with Crippen molar-refractivity contribution in [2.45, 2.75) is 5.41 Å². The molecule has 11 aromatic carbocycles. The third kappa shape index (κ3) is 6.78. The summed E-state index contributed by atoms with van der Waals surface area (Å²) in [6.45, 7) is 0. The van der Waals surface area contributed by atoms with Crippen LogP contribution in [0.4, 0.5) is 0 Å². The van der Waals surface area contributed by atoms with Crippen LogP contribution in [0.15, 0.2) is 261 Å². The summed E-state index contributed by atoms with van der Waals surface area (Å²) in [5.74, 6) is 1.85. The van der Waals surface area contributed by atoms with Gasteiger partial charge in [-0.2, -0.15) is 0 Å². The van der Waals surface area contributed by atoms with Crippen LogP contribution in [-0.2, 0) is 5.41 Å². The molecule has 0 N–H and O–H groups in total. The Labute approximate surface area is 401 Å². The SMILES string of the molecule is c1ccc(C2(c3ccccc3)c3ccccc3-c3c(-c4nc(-c5cccc(-c6ccc(-c7ccc8ccccc8c7)cc6)c5)nc(-c5ccccc5-c5cccc6ccccc56)n4)cccc32)cc1. The van der Waals surface area contributed by atoms with E-state index in [-0.39, 0.29) is 0 Å². The van der Waals surface area contributed by atoms with Crippen LogP contribution in [0, 0.1) is 0 Å². The maximum Gasteiger partial charge on any atom is 0.164 e. The summed E-state index contributed by atoms with van der Waals surface area (Å²) in [7, 11) is 0. The van der Waals surface area contributed by atoms with Crippen molar-refractivity contribution in [1.29, 1.82) is 0 Å². The molecule has 0 unspecified atom stereocenters. The van der Waals surface area contributed by atoms with Crippen molar-refractivity contribution < 1.29 is 0 Å². The van der Waals surface area contributed by atoms with Crippen molar-refractivity contribution in [2.24, 2.45) is 0 Å². The molecule has 1 aliphatic carbocycles. The molecular formula is C66H43N3. The molecule has 1 heterocycles. The molecular weight excluding hydrogens is 835 g/mol. The maximum atomic E-state index is 5.53. The van der Waals surface area contributed by atoms with Crippen LogP contribution >= 0.6 is 0 Å². The molecule has 0 bridgehead atoms. The molecule has 13 rings (SSSR count). The highest BCUT2D eigenvalue weighted by Gasteiger charge is 2.47. The molecule has 1 aliphatic rings. The average molecular weight is 878 g/mol. The van der Waals surface area contributed by atoms with Gasteiger partial charge in [-0.3, -0.25) is 0 Å². The lowest BCUT2D eigenvalue weighted by Gasteiger charge is -2.33. The Hall–Kier alpha value is -9.05. The molecule has 12 aromatic rings. The molecule has 0 aliphatic heterocycles. The van der Waals surface area contributed by atoms with Crippen molar-refractivity contribution in [3.63, 3.8) is 0 Å². The Morgan fingerprint density at radius 3 is 1.48 bits per heavy atom. The second-order valence-corrected chi connectivity index (χ2v) is 17.9. The highest BCUT2D eigenvalue weighted by Crippen LogP contribution is 2.58. The Kier molecular flexibility index (Phi) is 9.73. The summed E-state index contributed by atoms with van der Waals surface area (Å²) in [5.41, 5.74) is 16.2. The number of hydrogen-bond donors (Lipinski definition) is 0. The van der Waals surface area contributed by atoms with Gasteiger partial charge in [0.05, 0.1) is 5.41 Å². The van der Waals surface area contributed by atoms with E-state index in [0.717, 1.165) is 44.5 Å². The molecule has 0 amide bonds. The molecule has 0 saturated carbocycles. The second-order valence-electron chi connectivity index (χ2n) is 17.9. The van der Waals surface area contributed by atoms with Crippen LogP contribution in [0.3, 0.4) is 0 Å². The number of aromatic nitrogens is 3. The largest absolute Gasteiger partial charge is 0.208 e. The van der Waals surface area contributed by atoms with Crippen molar-refractivity contribution in [2.75, 3.05) is 0 Å². The van der Waals surface area contributed by atoms with Gasteiger partial charge in [-0.15, -0.1) is 0 Å². The topological polar surface area (TPSA) is 38.7 Å². The molecule has 0 fully saturated rings. The third-order valence-corrected chi connectivity index (χ3v) is 14.0. The van der Waals surface area contributed by atoms with E-state index in [2.05, 4.69) is 261 Å². The zero-order valence-corrected chi connectivity index (χ0v) is 37.7. The van der Waals surface area contributed by atoms with Crippen molar-refractivity contribution >= 4 is 21.5 Å². The minimum absolute atomic E-state index is 0.567. The van der Waals surface area contributed by atoms with E-state index in [1.54, 1.807) is 0 Å². The number of hydrogen-bond acceptors (Lipinski definition) is 3. The highest BCUT2D eigenvalue weighted by molar-refractivity contribution is 6.00. The average Bonchev–Trinajstić information content (AvgIpc) is 3.74. The minimum Gasteiger partial charge on any atom is -0.208 e. The minimum atomic E-state index is -0.567. The van der Waals surface area contributed by atoms with Gasteiger partial charge in [-0.25, -0.2) is 15.0 Å². The number of fused-ring (bicyclic) bond motifs is 5. The second kappa shape index (κ2) is 16.7. The first-order chi connectivity index (χ1) is 34.2. The van der Waals surface area contributed by atoms with E-state index in [1.165, 1.54) is 60.5 Å². The van der Waals surface area contributed by atoms with Crippen LogP contribution in [0.5, 0.6) is 0 Å². The van der Waals surface area contributed by atoms with Gasteiger partial charge in [0.15, 0.2) is 17.5 Å². The van der Waals surface area contributed by atoms with Gasteiger partial charge in [0.25, 0.3) is 0 Å². The van der Waals surface area contributed by atoms with E-state index < -0.39 is 5.41 Å². The fourth-order valence-electron chi connectivity index (χ4n) is 10.9. The fraction of sp³-hybridized carbons (Fsp3) is 0.0152. The van der Waals surface area contributed by atoms with Gasteiger partial charge >= 0.3 is 0 Å². The Bertz CT molecular complexity index is 3850. The van der Waals surface area contributed by atoms with Crippen molar-refractivity contribution in [3.05, 3.63) is 283 Å². The third-order valence-electron chi connectivity index (χ3n) is 14.0. The predicted octanol–water partition coefficient (Wildman–Crippen LogP) is 16.5. The molecule has 0 radical (unpaired) electrons. The quantitative estimate of drug-likeness (QED) is 0.153. The number of rotatable bonds is 8. The smallest absolute Gasteiger partial charge is 0.164 e. The van der Waals surface area contributed by atoms with Gasteiger partial charge < -0.3 is 0 Å². The molecule has 3 heteroatoms. The number of nitrogens with zero attached hydrogens (tertiary/aromatic N) is 3. The summed E-state index contributed by atoms with van der Waals surface area (Å²) < 4.78 is 0. The van der Waals surface area contributed by atoms with E-state index >= 15 is 0 Å². The molecule has 3 nitrogen and oxygen atoms in total. The molecule has 0 atom stereocenters. The van der Waals surface area contributed by atoms with Crippen LogP contribution in [0.1, 0.15) is 22.3 Å². The molecule has 322 valence electrons. The van der Waals surface area contributed by atoms with E-state index in [1.807, 2.05) is 0 Å². The molecule has 0 spiro atoms. The summed E-state index contributed by atoms with van der Waals surface area (Å²) in [5, 5.41) is 4.84. The molecule has 1 aromatic heterocycles. The van der Waals surface area contributed by atoms with Crippen LogP contribution in [0.25, 0.3) is 100 Å².